The smallest absolute Gasteiger partial charge is 0.325 e. The van der Waals surface area contributed by atoms with Crippen LogP contribution in [0, 0.1) is 0 Å². The molecule has 3 amide bonds. The minimum absolute atomic E-state index is 0.135. The van der Waals surface area contributed by atoms with Gasteiger partial charge in [-0.2, -0.15) is 0 Å². The lowest BCUT2D eigenvalue weighted by Gasteiger charge is -2.39. The van der Waals surface area contributed by atoms with E-state index in [1.165, 1.54) is 22.5 Å². The van der Waals surface area contributed by atoms with Crippen LogP contribution in [0.15, 0.2) is 90.3 Å². The maximum atomic E-state index is 13.0. The lowest BCUT2D eigenvalue weighted by Crippen LogP contribution is -2.49. The van der Waals surface area contributed by atoms with Crippen LogP contribution in [0.25, 0.3) is 0 Å². The molecule has 206 valence electrons. The molecule has 0 bridgehead atoms. The van der Waals surface area contributed by atoms with Gasteiger partial charge in [0.25, 0.3) is 0 Å². The molecule has 4 aromatic rings. The minimum Gasteiger partial charge on any atom is -0.497 e. The first-order valence-electron chi connectivity index (χ1n) is 13.4. The molecule has 1 aliphatic heterocycles. The zero-order valence-corrected chi connectivity index (χ0v) is 23.3. The van der Waals surface area contributed by atoms with Crippen LogP contribution in [0.1, 0.15) is 29.3 Å². The number of thiazole rings is 1. The topological polar surface area (TPSA) is 86.8 Å². The fourth-order valence-corrected chi connectivity index (χ4v) is 5.66. The van der Waals surface area contributed by atoms with Gasteiger partial charge < -0.3 is 15.0 Å². The number of piperazine rings is 1. The van der Waals surface area contributed by atoms with Crippen molar-refractivity contribution in [1.82, 2.24) is 14.8 Å². The number of carbonyl (C=O) groups is 2. The largest absolute Gasteiger partial charge is 0.497 e. The standard InChI is InChI=1S/C31H33N5O3S/c1-39-27-15-12-25(13-16-27)32-30(38)34-31-33-26(22-40-31)14-17-28(37)35-18-20-36(21-19-35)29(23-8-4-2-5-9-23)24-10-6-3-7-11-24/h2-13,15-16,22,29H,14,17-21H2,1H3,(H2,32,33,34,38). The second-order valence-corrected chi connectivity index (χ2v) is 10.5. The van der Waals surface area contributed by atoms with Gasteiger partial charge in [-0.15, -0.1) is 11.3 Å². The number of hydrogen-bond donors (Lipinski definition) is 2. The van der Waals surface area contributed by atoms with Crippen LogP contribution in [0.3, 0.4) is 0 Å². The van der Waals surface area contributed by atoms with E-state index in [4.69, 9.17) is 4.74 Å². The number of rotatable bonds is 9. The molecule has 9 heteroatoms. The number of nitrogens with one attached hydrogen (secondary N) is 2. The number of hydrogen-bond acceptors (Lipinski definition) is 6. The van der Waals surface area contributed by atoms with Gasteiger partial charge in [0, 0.05) is 43.7 Å². The van der Waals surface area contributed by atoms with Gasteiger partial charge in [0.2, 0.25) is 5.91 Å². The number of benzene rings is 3. The third-order valence-electron chi connectivity index (χ3n) is 6.98. The maximum Gasteiger partial charge on any atom is 0.325 e. The van der Waals surface area contributed by atoms with E-state index >= 15 is 0 Å². The number of carbonyl (C=O) groups excluding carboxylic acids is 2. The van der Waals surface area contributed by atoms with Crippen LogP contribution < -0.4 is 15.4 Å². The van der Waals surface area contributed by atoms with Crippen molar-refractivity contribution in [3.63, 3.8) is 0 Å². The summed E-state index contributed by atoms with van der Waals surface area (Å²) in [6.07, 6.45) is 0.927. The monoisotopic (exact) mass is 555 g/mol. The zero-order chi connectivity index (χ0) is 27.7. The van der Waals surface area contributed by atoms with Gasteiger partial charge in [0.1, 0.15) is 5.75 Å². The van der Waals surface area contributed by atoms with Gasteiger partial charge in [-0.3, -0.25) is 15.0 Å². The highest BCUT2D eigenvalue weighted by molar-refractivity contribution is 7.13. The molecule has 0 spiro atoms. The average Bonchev–Trinajstić information content (AvgIpc) is 3.45. The molecule has 2 N–H and O–H groups in total. The zero-order valence-electron chi connectivity index (χ0n) is 22.5. The van der Waals surface area contributed by atoms with Crippen LogP contribution in [0.4, 0.5) is 15.6 Å². The molecule has 1 fully saturated rings. The fourth-order valence-electron chi connectivity index (χ4n) is 4.92. The van der Waals surface area contributed by atoms with E-state index in [1.807, 2.05) is 22.4 Å². The Morgan fingerprint density at radius 2 is 1.50 bits per heavy atom. The summed E-state index contributed by atoms with van der Waals surface area (Å²) in [6.45, 7) is 3.03. The number of amides is 3. The molecule has 1 saturated heterocycles. The molecule has 0 atom stereocenters. The number of nitrogens with zero attached hydrogens (tertiary/aromatic N) is 3. The van der Waals surface area contributed by atoms with Crippen molar-refractivity contribution in [3.05, 3.63) is 107 Å². The lowest BCUT2D eigenvalue weighted by molar-refractivity contribution is -0.133. The number of aromatic nitrogens is 1. The Balaban J connectivity index is 1.10. The van der Waals surface area contributed by atoms with Crippen molar-refractivity contribution in [2.45, 2.75) is 18.9 Å². The molecule has 0 aliphatic carbocycles. The van der Waals surface area contributed by atoms with Crippen molar-refractivity contribution >= 4 is 34.1 Å². The predicted octanol–water partition coefficient (Wildman–Crippen LogP) is 5.66. The van der Waals surface area contributed by atoms with E-state index < -0.39 is 0 Å². The number of urea groups is 1. The first-order chi connectivity index (χ1) is 19.6. The van der Waals surface area contributed by atoms with E-state index in [-0.39, 0.29) is 18.0 Å². The van der Waals surface area contributed by atoms with Gasteiger partial charge in [0.15, 0.2) is 5.13 Å². The number of ether oxygens (including phenoxy) is 1. The Labute approximate surface area is 238 Å². The molecule has 8 nitrogen and oxygen atoms in total. The molecule has 1 aliphatic rings. The summed E-state index contributed by atoms with van der Waals surface area (Å²) in [4.78, 5) is 34.2. The van der Waals surface area contributed by atoms with Crippen molar-refractivity contribution in [2.75, 3.05) is 43.9 Å². The quantitative estimate of drug-likeness (QED) is 0.278. The molecule has 0 unspecified atom stereocenters. The molecule has 3 aromatic carbocycles. The van der Waals surface area contributed by atoms with Crippen LogP contribution in [-0.4, -0.2) is 60.0 Å². The molecular formula is C31H33N5O3S. The first kappa shape index (κ1) is 27.4. The molecule has 0 saturated carbocycles. The second kappa shape index (κ2) is 13.2. The summed E-state index contributed by atoms with van der Waals surface area (Å²) < 4.78 is 5.13. The van der Waals surface area contributed by atoms with Gasteiger partial charge in [0.05, 0.1) is 18.8 Å². The molecule has 1 aromatic heterocycles. The number of anilines is 2. The van der Waals surface area contributed by atoms with E-state index in [9.17, 15) is 9.59 Å². The maximum absolute atomic E-state index is 13.0. The molecular weight excluding hydrogens is 522 g/mol. The van der Waals surface area contributed by atoms with Crippen LogP contribution >= 0.6 is 11.3 Å². The van der Waals surface area contributed by atoms with Crippen LogP contribution in [0.5, 0.6) is 5.75 Å². The summed E-state index contributed by atoms with van der Waals surface area (Å²) in [7, 11) is 1.59. The third kappa shape index (κ3) is 7.05. The molecule has 0 radical (unpaired) electrons. The van der Waals surface area contributed by atoms with Gasteiger partial charge >= 0.3 is 6.03 Å². The lowest BCUT2D eigenvalue weighted by atomic mass is 9.96. The summed E-state index contributed by atoms with van der Waals surface area (Å²) in [5, 5.41) is 7.91. The third-order valence-corrected chi connectivity index (χ3v) is 7.78. The minimum atomic E-state index is -0.371. The normalized spacial score (nSPS) is 13.7. The fraction of sp³-hybridized carbons (Fsp3) is 0.258. The Kier molecular flexibility index (Phi) is 9.05. The summed E-state index contributed by atoms with van der Waals surface area (Å²) >= 11 is 1.35. The highest BCUT2D eigenvalue weighted by atomic mass is 32.1. The number of aryl methyl sites for hydroxylation is 1. The van der Waals surface area contributed by atoms with E-state index in [1.54, 1.807) is 31.4 Å². The Bertz CT molecular complexity index is 1350. The van der Waals surface area contributed by atoms with Crippen molar-refractivity contribution in [3.8, 4) is 5.75 Å². The molecule has 5 rings (SSSR count). The van der Waals surface area contributed by atoms with E-state index in [0.717, 1.165) is 24.5 Å². The average molecular weight is 556 g/mol. The van der Waals surface area contributed by atoms with Gasteiger partial charge in [-0.1, -0.05) is 60.7 Å². The van der Waals surface area contributed by atoms with Gasteiger partial charge in [-0.25, -0.2) is 9.78 Å². The van der Waals surface area contributed by atoms with Gasteiger partial charge in [-0.05, 0) is 41.8 Å². The van der Waals surface area contributed by atoms with Crippen molar-refractivity contribution < 1.29 is 14.3 Å². The first-order valence-corrected chi connectivity index (χ1v) is 14.2. The van der Waals surface area contributed by atoms with Crippen LogP contribution in [0.2, 0.25) is 0 Å². The Morgan fingerprint density at radius 1 is 0.875 bits per heavy atom. The Morgan fingerprint density at radius 3 is 2.10 bits per heavy atom. The highest BCUT2D eigenvalue weighted by Gasteiger charge is 2.28. The SMILES string of the molecule is COc1ccc(NC(=O)Nc2nc(CCC(=O)N3CCN(C(c4ccccc4)c4ccccc4)CC3)cs2)cc1. The van der Waals surface area contributed by atoms with Crippen molar-refractivity contribution in [2.24, 2.45) is 0 Å². The van der Waals surface area contributed by atoms with E-state index in [0.29, 0.717) is 36.8 Å². The summed E-state index contributed by atoms with van der Waals surface area (Å²) in [5.74, 6) is 0.853. The second-order valence-electron chi connectivity index (χ2n) is 9.59. The highest BCUT2D eigenvalue weighted by Crippen LogP contribution is 2.29. The molecule has 2 heterocycles. The molecule has 40 heavy (non-hydrogen) atoms. The van der Waals surface area contributed by atoms with Crippen LogP contribution in [-0.2, 0) is 11.2 Å². The van der Waals surface area contributed by atoms with E-state index in [2.05, 4.69) is 69.0 Å². The number of methoxy groups -OCH3 is 1. The predicted molar refractivity (Wildman–Crippen MR) is 159 cm³/mol. The van der Waals surface area contributed by atoms with Crippen molar-refractivity contribution in [1.29, 1.82) is 0 Å². The Hall–Kier alpha value is -4.21. The summed E-state index contributed by atoms with van der Waals surface area (Å²) in [6, 6.07) is 28.0. The summed E-state index contributed by atoms with van der Waals surface area (Å²) in [5.41, 5.74) is 3.97.